The van der Waals surface area contributed by atoms with Crippen LogP contribution in [0.25, 0.3) is 0 Å². The van der Waals surface area contributed by atoms with Crippen LogP contribution in [0.3, 0.4) is 0 Å². The van der Waals surface area contributed by atoms with Crippen LogP contribution in [0.2, 0.25) is 0 Å². The van der Waals surface area contributed by atoms with Crippen LogP contribution < -0.4 is 4.74 Å². The quantitative estimate of drug-likeness (QED) is 0.820. The first-order valence-corrected chi connectivity index (χ1v) is 8.08. The zero-order valence-corrected chi connectivity index (χ0v) is 12.8. The van der Waals surface area contributed by atoms with Crippen molar-refractivity contribution in [3.8, 4) is 5.75 Å². The summed E-state index contributed by atoms with van der Waals surface area (Å²) in [5.74, 6) is 0.517. The third kappa shape index (κ3) is 3.04. The third-order valence-electron chi connectivity index (χ3n) is 3.22. The largest absolute Gasteiger partial charge is 0.497 e. The van der Waals surface area contributed by atoms with Gasteiger partial charge < -0.3 is 9.84 Å². The molecule has 1 aromatic rings. The van der Waals surface area contributed by atoms with E-state index in [4.69, 9.17) is 16.3 Å². The molecule has 0 spiro atoms. The van der Waals surface area contributed by atoms with Gasteiger partial charge in [-0.2, -0.15) is 0 Å². The monoisotopic (exact) mass is 306 g/mol. The highest BCUT2D eigenvalue weighted by Crippen LogP contribution is 2.40. The van der Waals surface area contributed by atoms with Gasteiger partial charge in [0, 0.05) is 5.75 Å². The van der Waals surface area contributed by atoms with E-state index in [0.29, 0.717) is 11.3 Å². The molecule has 0 saturated carbocycles. The van der Waals surface area contributed by atoms with E-state index in [1.54, 1.807) is 31.2 Å². The number of benzene rings is 1. The van der Waals surface area contributed by atoms with E-state index < -0.39 is 20.1 Å². The van der Waals surface area contributed by atoms with Gasteiger partial charge in [0.15, 0.2) is 14.0 Å². The van der Waals surface area contributed by atoms with Crippen LogP contribution in [-0.4, -0.2) is 30.6 Å². The van der Waals surface area contributed by atoms with Crippen LogP contribution in [0.1, 0.15) is 31.9 Å². The van der Waals surface area contributed by atoms with E-state index in [9.17, 15) is 13.5 Å². The number of aliphatic hydroxyl groups is 1. The summed E-state index contributed by atoms with van der Waals surface area (Å²) in [5, 5.41) is 10.3. The minimum atomic E-state index is -3.59. The molecule has 2 atom stereocenters. The van der Waals surface area contributed by atoms with Crippen LogP contribution in [0.5, 0.6) is 5.75 Å². The van der Waals surface area contributed by atoms with E-state index in [1.165, 1.54) is 14.0 Å². The van der Waals surface area contributed by atoms with E-state index in [2.05, 4.69) is 0 Å². The molecular formula is C13H19ClO4S. The van der Waals surface area contributed by atoms with Crippen molar-refractivity contribution in [1.29, 1.82) is 0 Å². The zero-order chi connectivity index (χ0) is 14.7. The number of halogens is 1. The highest BCUT2D eigenvalue weighted by atomic mass is 35.5. The number of alkyl halides is 1. The average molecular weight is 307 g/mol. The van der Waals surface area contributed by atoms with Gasteiger partial charge in [0.1, 0.15) is 11.9 Å². The van der Waals surface area contributed by atoms with Gasteiger partial charge in [-0.3, -0.25) is 0 Å². The fraction of sp³-hybridized carbons (Fsp3) is 0.538. The maximum absolute atomic E-state index is 12.1. The van der Waals surface area contributed by atoms with Gasteiger partial charge in [-0.15, -0.1) is 0 Å². The first kappa shape index (κ1) is 16.3. The molecule has 4 nitrogen and oxygen atoms in total. The second-order valence-electron chi connectivity index (χ2n) is 4.22. The summed E-state index contributed by atoms with van der Waals surface area (Å²) in [4.78, 5) is 0. The van der Waals surface area contributed by atoms with Crippen molar-refractivity contribution in [2.45, 2.75) is 30.6 Å². The van der Waals surface area contributed by atoms with Crippen LogP contribution >= 0.6 is 11.6 Å². The maximum Gasteiger partial charge on any atom is 0.175 e. The van der Waals surface area contributed by atoms with Crippen molar-refractivity contribution in [3.63, 3.8) is 0 Å². The standard InChI is InChI=1S/C13H19ClO4S/c1-4-13(14,19(16,17)5-2)12(15)10-6-8-11(18-3)9-7-10/h6-9,12,15H,4-5H2,1-3H3/t12-,13-/m0/s1. The second kappa shape index (κ2) is 6.11. The molecule has 1 rings (SSSR count). The zero-order valence-electron chi connectivity index (χ0n) is 11.3. The molecule has 1 N–H and O–H groups in total. The lowest BCUT2D eigenvalue weighted by molar-refractivity contribution is 0.154. The molecule has 108 valence electrons. The maximum atomic E-state index is 12.1. The van der Waals surface area contributed by atoms with Gasteiger partial charge in [0.25, 0.3) is 0 Å². The molecule has 0 saturated heterocycles. The molecule has 0 fully saturated rings. The molecule has 0 aliphatic rings. The van der Waals surface area contributed by atoms with Gasteiger partial charge >= 0.3 is 0 Å². The van der Waals surface area contributed by atoms with Crippen molar-refractivity contribution < 1.29 is 18.3 Å². The Morgan fingerprint density at radius 2 is 1.84 bits per heavy atom. The molecule has 19 heavy (non-hydrogen) atoms. The molecule has 0 aromatic heterocycles. The summed E-state index contributed by atoms with van der Waals surface area (Å²) in [7, 11) is -2.06. The number of ether oxygens (including phenoxy) is 1. The third-order valence-corrected chi connectivity index (χ3v) is 6.70. The van der Waals surface area contributed by atoms with Gasteiger partial charge in [0.05, 0.1) is 7.11 Å². The topological polar surface area (TPSA) is 63.6 Å². The summed E-state index contributed by atoms with van der Waals surface area (Å²) >= 11 is 6.20. The molecule has 6 heteroatoms. The number of aliphatic hydroxyl groups excluding tert-OH is 1. The molecule has 0 amide bonds. The Kier molecular flexibility index (Phi) is 5.24. The summed E-state index contributed by atoms with van der Waals surface area (Å²) < 4.78 is 27.5. The van der Waals surface area contributed by atoms with E-state index in [1.807, 2.05) is 0 Å². The first-order valence-electron chi connectivity index (χ1n) is 6.05. The summed E-state index contributed by atoms with van der Waals surface area (Å²) in [6.45, 7) is 3.16. The Morgan fingerprint density at radius 1 is 1.32 bits per heavy atom. The van der Waals surface area contributed by atoms with E-state index >= 15 is 0 Å². The van der Waals surface area contributed by atoms with Crippen molar-refractivity contribution >= 4 is 21.4 Å². The Balaban J connectivity index is 3.17. The predicted molar refractivity (Wildman–Crippen MR) is 76.3 cm³/mol. The van der Waals surface area contributed by atoms with Gasteiger partial charge in [-0.1, -0.05) is 37.6 Å². The lowest BCUT2D eigenvalue weighted by Crippen LogP contribution is -2.39. The van der Waals surface area contributed by atoms with Crippen LogP contribution in [0.15, 0.2) is 24.3 Å². The number of hydrogen-bond donors (Lipinski definition) is 1. The lowest BCUT2D eigenvalue weighted by atomic mass is 10.0. The fourth-order valence-corrected chi connectivity index (χ4v) is 3.71. The SMILES string of the molecule is CC[C@@](Cl)([C@@H](O)c1ccc(OC)cc1)S(=O)(=O)CC. The minimum absolute atomic E-state index is 0.114. The Labute approximate surface area is 119 Å². The van der Waals surface area contributed by atoms with Crippen molar-refractivity contribution in [3.05, 3.63) is 29.8 Å². The molecule has 0 heterocycles. The van der Waals surface area contributed by atoms with Crippen LogP contribution in [-0.2, 0) is 9.84 Å². The van der Waals surface area contributed by atoms with Crippen molar-refractivity contribution in [2.75, 3.05) is 12.9 Å². The summed E-state index contributed by atoms with van der Waals surface area (Å²) in [6.07, 6.45) is -1.16. The van der Waals surface area contributed by atoms with Gasteiger partial charge in [-0.05, 0) is 24.1 Å². The fourth-order valence-electron chi connectivity index (χ4n) is 1.86. The van der Waals surface area contributed by atoms with Crippen molar-refractivity contribution in [1.82, 2.24) is 0 Å². The smallest absolute Gasteiger partial charge is 0.175 e. The highest BCUT2D eigenvalue weighted by molar-refractivity contribution is 7.94. The van der Waals surface area contributed by atoms with Gasteiger partial charge in [0.2, 0.25) is 0 Å². The Morgan fingerprint density at radius 3 is 2.21 bits per heavy atom. The number of methoxy groups -OCH3 is 1. The summed E-state index contributed by atoms with van der Waals surface area (Å²) in [5.41, 5.74) is 0.453. The van der Waals surface area contributed by atoms with Crippen LogP contribution in [0, 0.1) is 0 Å². The Hall–Kier alpha value is -0.780. The molecule has 0 radical (unpaired) electrons. The number of rotatable bonds is 6. The molecule has 0 unspecified atom stereocenters. The molecule has 0 bridgehead atoms. The minimum Gasteiger partial charge on any atom is -0.497 e. The lowest BCUT2D eigenvalue weighted by Gasteiger charge is -2.30. The normalized spacial score (nSPS) is 16.7. The first-order chi connectivity index (χ1) is 8.82. The molecule has 0 aliphatic carbocycles. The predicted octanol–water partition coefficient (Wildman–Crippen LogP) is 2.51. The second-order valence-corrected chi connectivity index (χ2v) is 7.65. The van der Waals surface area contributed by atoms with Crippen molar-refractivity contribution in [2.24, 2.45) is 0 Å². The summed E-state index contributed by atoms with van der Waals surface area (Å²) in [6, 6.07) is 6.54. The van der Waals surface area contributed by atoms with Gasteiger partial charge in [-0.25, -0.2) is 8.42 Å². The van der Waals surface area contributed by atoms with E-state index in [0.717, 1.165) is 0 Å². The highest BCUT2D eigenvalue weighted by Gasteiger charge is 2.46. The Bertz CT molecular complexity index is 512. The van der Waals surface area contributed by atoms with E-state index in [-0.39, 0.29) is 12.2 Å². The molecule has 0 aliphatic heterocycles. The number of sulfone groups is 1. The number of hydrogen-bond acceptors (Lipinski definition) is 4. The molecular weight excluding hydrogens is 288 g/mol. The molecule has 1 aromatic carbocycles. The average Bonchev–Trinajstić information content (AvgIpc) is 2.45. The van der Waals surface area contributed by atoms with Crippen LogP contribution in [0.4, 0.5) is 0 Å².